The highest BCUT2D eigenvalue weighted by Crippen LogP contribution is 2.31. The zero-order chi connectivity index (χ0) is 12.3. The first-order valence-corrected chi connectivity index (χ1v) is 5.70. The van der Waals surface area contributed by atoms with Gasteiger partial charge < -0.3 is 10.2 Å². The van der Waals surface area contributed by atoms with E-state index in [1.165, 1.54) is 5.56 Å². The van der Waals surface area contributed by atoms with Gasteiger partial charge in [-0.3, -0.25) is 0 Å². The van der Waals surface area contributed by atoms with Crippen LogP contribution in [-0.2, 0) is 6.61 Å². The largest absolute Gasteiger partial charge is 0.508 e. The van der Waals surface area contributed by atoms with Crippen molar-refractivity contribution in [3.05, 3.63) is 65.2 Å². The molecule has 0 aliphatic heterocycles. The number of hydrogen-bond donors (Lipinski definition) is 2. The fourth-order valence-corrected chi connectivity index (χ4v) is 1.98. The van der Waals surface area contributed by atoms with Crippen LogP contribution in [0.5, 0.6) is 5.75 Å². The van der Waals surface area contributed by atoms with E-state index >= 15 is 0 Å². The fourth-order valence-electron chi connectivity index (χ4n) is 1.98. The number of hydrogen-bond acceptors (Lipinski definition) is 2. The third kappa shape index (κ3) is 2.48. The molecule has 0 saturated carbocycles. The lowest BCUT2D eigenvalue weighted by Gasteiger charge is -2.14. The van der Waals surface area contributed by atoms with Crippen molar-refractivity contribution < 1.29 is 10.2 Å². The Morgan fingerprint density at radius 2 is 1.76 bits per heavy atom. The molecule has 2 rings (SSSR count). The van der Waals surface area contributed by atoms with E-state index in [4.69, 9.17) is 5.11 Å². The van der Waals surface area contributed by atoms with Gasteiger partial charge in [0.05, 0.1) is 6.61 Å². The molecule has 1 atom stereocenters. The molecule has 88 valence electrons. The van der Waals surface area contributed by atoms with E-state index in [0.29, 0.717) is 0 Å². The Balaban J connectivity index is 2.34. The smallest absolute Gasteiger partial charge is 0.119 e. The van der Waals surface area contributed by atoms with Crippen LogP contribution in [-0.4, -0.2) is 10.2 Å². The molecule has 0 bridgehead atoms. The van der Waals surface area contributed by atoms with Gasteiger partial charge in [0.15, 0.2) is 0 Å². The number of aliphatic hydroxyl groups excluding tert-OH is 1. The predicted octanol–water partition coefficient (Wildman–Crippen LogP) is 3.04. The molecule has 0 heterocycles. The number of phenols is 1. The molecule has 2 aromatic carbocycles. The molecule has 0 aliphatic rings. The third-order valence-electron chi connectivity index (χ3n) is 3.04. The van der Waals surface area contributed by atoms with Gasteiger partial charge in [0, 0.05) is 11.5 Å². The second kappa shape index (κ2) is 5.02. The summed E-state index contributed by atoms with van der Waals surface area (Å²) >= 11 is 0. The highest BCUT2D eigenvalue weighted by Gasteiger charge is 2.12. The van der Waals surface area contributed by atoms with E-state index in [1.54, 1.807) is 6.07 Å². The lowest BCUT2D eigenvalue weighted by Crippen LogP contribution is -1.97. The minimum atomic E-state index is -0.0481. The van der Waals surface area contributed by atoms with Crippen LogP contribution < -0.4 is 0 Å². The van der Waals surface area contributed by atoms with Crippen LogP contribution in [0.15, 0.2) is 48.5 Å². The average molecular weight is 228 g/mol. The van der Waals surface area contributed by atoms with Crippen LogP contribution >= 0.6 is 0 Å². The first-order chi connectivity index (χ1) is 8.22. The SMILES string of the molecule is CC(c1ccccc1)c1ccc(CO)cc1O. The first-order valence-electron chi connectivity index (χ1n) is 5.70. The lowest BCUT2D eigenvalue weighted by atomic mass is 9.92. The molecule has 2 N–H and O–H groups in total. The standard InChI is InChI=1S/C15H16O2/c1-11(13-5-3-2-4-6-13)14-8-7-12(10-16)9-15(14)17/h2-9,11,16-17H,10H2,1H3. The predicted molar refractivity (Wildman–Crippen MR) is 68.0 cm³/mol. The molecule has 2 nitrogen and oxygen atoms in total. The summed E-state index contributed by atoms with van der Waals surface area (Å²) in [5, 5.41) is 18.9. The molecule has 0 saturated heterocycles. The molecule has 2 aromatic rings. The van der Waals surface area contributed by atoms with E-state index in [2.05, 4.69) is 6.92 Å². The minimum Gasteiger partial charge on any atom is -0.508 e. The molecule has 1 unspecified atom stereocenters. The van der Waals surface area contributed by atoms with Gasteiger partial charge in [-0.2, -0.15) is 0 Å². The van der Waals surface area contributed by atoms with Gasteiger partial charge in [0.25, 0.3) is 0 Å². The third-order valence-corrected chi connectivity index (χ3v) is 3.04. The summed E-state index contributed by atoms with van der Waals surface area (Å²) < 4.78 is 0. The monoisotopic (exact) mass is 228 g/mol. The van der Waals surface area contributed by atoms with Crippen molar-refractivity contribution in [2.75, 3.05) is 0 Å². The number of phenolic OH excluding ortho intramolecular Hbond substituents is 1. The number of rotatable bonds is 3. The Labute approximate surface area is 101 Å². The minimum absolute atomic E-state index is 0.0481. The zero-order valence-electron chi connectivity index (χ0n) is 9.80. The Bertz CT molecular complexity index is 492. The van der Waals surface area contributed by atoms with Gasteiger partial charge in [-0.1, -0.05) is 49.4 Å². The van der Waals surface area contributed by atoms with Gasteiger partial charge >= 0.3 is 0 Å². The van der Waals surface area contributed by atoms with Crippen molar-refractivity contribution in [2.24, 2.45) is 0 Å². The second-order valence-corrected chi connectivity index (χ2v) is 4.18. The maximum Gasteiger partial charge on any atom is 0.119 e. The van der Waals surface area contributed by atoms with Crippen molar-refractivity contribution in [1.82, 2.24) is 0 Å². The number of benzene rings is 2. The summed E-state index contributed by atoms with van der Waals surface area (Å²) in [5.74, 6) is 0.386. The van der Waals surface area contributed by atoms with E-state index in [-0.39, 0.29) is 18.3 Å². The van der Waals surface area contributed by atoms with Gasteiger partial charge in [0.1, 0.15) is 5.75 Å². The van der Waals surface area contributed by atoms with Crippen LogP contribution in [0.4, 0.5) is 0 Å². The Morgan fingerprint density at radius 1 is 1.06 bits per heavy atom. The molecule has 0 radical (unpaired) electrons. The van der Waals surface area contributed by atoms with Crippen LogP contribution in [0.25, 0.3) is 0 Å². The van der Waals surface area contributed by atoms with E-state index in [1.807, 2.05) is 42.5 Å². The topological polar surface area (TPSA) is 40.5 Å². The highest BCUT2D eigenvalue weighted by atomic mass is 16.3. The van der Waals surface area contributed by atoms with Crippen molar-refractivity contribution in [3.8, 4) is 5.75 Å². The van der Waals surface area contributed by atoms with Crippen LogP contribution in [0, 0.1) is 0 Å². The molecule has 0 fully saturated rings. The van der Waals surface area contributed by atoms with Crippen molar-refractivity contribution in [3.63, 3.8) is 0 Å². The van der Waals surface area contributed by atoms with Crippen LogP contribution in [0.3, 0.4) is 0 Å². The molecule has 0 aliphatic carbocycles. The second-order valence-electron chi connectivity index (χ2n) is 4.18. The molecular formula is C15H16O2. The Hall–Kier alpha value is -1.80. The van der Waals surface area contributed by atoms with Crippen molar-refractivity contribution in [1.29, 1.82) is 0 Å². The van der Waals surface area contributed by atoms with Crippen LogP contribution in [0.1, 0.15) is 29.5 Å². The summed E-state index contributed by atoms with van der Waals surface area (Å²) in [4.78, 5) is 0. The van der Waals surface area contributed by atoms with Gasteiger partial charge in [0.2, 0.25) is 0 Å². The van der Waals surface area contributed by atoms with E-state index in [9.17, 15) is 5.11 Å². The van der Waals surface area contributed by atoms with Crippen molar-refractivity contribution in [2.45, 2.75) is 19.4 Å². The van der Waals surface area contributed by atoms with E-state index < -0.39 is 0 Å². The molecular weight excluding hydrogens is 212 g/mol. The molecule has 0 spiro atoms. The average Bonchev–Trinajstić information content (AvgIpc) is 2.39. The van der Waals surface area contributed by atoms with Gasteiger partial charge in [-0.05, 0) is 17.2 Å². The summed E-state index contributed by atoms with van der Waals surface area (Å²) in [5.41, 5.74) is 2.78. The molecule has 2 heteroatoms. The fraction of sp³-hybridized carbons (Fsp3) is 0.200. The molecule has 17 heavy (non-hydrogen) atoms. The summed E-state index contributed by atoms with van der Waals surface area (Å²) in [6.45, 7) is 2.01. The first kappa shape index (κ1) is 11.7. The summed E-state index contributed by atoms with van der Waals surface area (Å²) in [7, 11) is 0. The normalized spacial score (nSPS) is 12.4. The maximum atomic E-state index is 9.94. The van der Waals surface area contributed by atoms with Crippen molar-refractivity contribution >= 4 is 0 Å². The maximum absolute atomic E-state index is 9.94. The lowest BCUT2D eigenvalue weighted by molar-refractivity contribution is 0.281. The summed E-state index contributed by atoms with van der Waals surface area (Å²) in [6, 6.07) is 15.4. The van der Waals surface area contributed by atoms with Crippen LogP contribution in [0.2, 0.25) is 0 Å². The molecule has 0 aromatic heterocycles. The Kier molecular flexibility index (Phi) is 3.45. The zero-order valence-corrected chi connectivity index (χ0v) is 9.80. The molecule has 0 amide bonds. The van der Waals surface area contributed by atoms with Gasteiger partial charge in [-0.25, -0.2) is 0 Å². The quantitative estimate of drug-likeness (QED) is 0.847. The summed E-state index contributed by atoms with van der Waals surface area (Å²) in [6.07, 6.45) is 0. The highest BCUT2D eigenvalue weighted by molar-refractivity contribution is 5.42. The van der Waals surface area contributed by atoms with E-state index in [0.717, 1.165) is 11.1 Å². The Morgan fingerprint density at radius 3 is 2.35 bits per heavy atom. The number of aliphatic hydroxyl groups is 1. The van der Waals surface area contributed by atoms with Gasteiger partial charge in [-0.15, -0.1) is 0 Å². The number of aromatic hydroxyl groups is 1.